The van der Waals surface area contributed by atoms with E-state index in [1.54, 1.807) is 6.20 Å². The van der Waals surface area contributed by atoms with Gasteiger partial charge in [0, 0.05) is 37.6 Å². The average Bonchev–Trinajstić information content (AvgIpc) is 3.21. The quantitative estimate of drug-likeness (QED) is 0.919. The van der Waals surface area contributed by atoms with Crippen molar-refractivity contribution in [3.8, 4) is 5.75 Å². The molecule has 1 amide bonds. The van der Waals surface area contributed by atoms with Gasteiger partial charge in [0.05, 0.1) is 12.1 Å². The molecule has 0 bridgehead atoms. The molecule has 1 N–H and O–H groups in total. The fourth-order valence-electron chi connectivity index (χ4n) is 3.89. The summed E-state index contributed by atoms with van der Waals surface area (Å²) in [6.45, 7) is 2.24. The largest absolute Gasteiger partial charge is 0.490 e. The molecule has 4 rings (SSSR count). The molecule has 0 spiro atoms. The Morgan fingerprint density at radius 3 is 2.88 bits per heavy atom. The van der Waals surface area contributed by atoms with Crippen LogP contribution in [-0.4, -0.2) is 41.5 Å². The molecular weight excluding hydrogens is 326 g/mol. The van der Waals surface area contributed by atoms with Gasteiger partial charge in [0.2, 0.25) is 0 Å². The van der Waals surface area contributed by atoms with Gasteiger partial charge in [-0.15, -0.1) is 0 Å². The van der Waals surface area contributed by atoms with Crippen LogP contribution in [0.2, 0.25) is 0 Å². The first-order valence-corrected chi connectivity index (χ1v) is 9.49. The summed E-state index contributed by atoms with van der Waals surface area (Å²) in [4.78, 5) is 19.4. The van der Waals surface area contributed by atoms with E-state index in [9.17, 15) is 4.79 Å². The Hall–Kier alpha value is -2.40. The van der Waals surface area contributed by atoms with Crippen LogP contribution in [0.15, 0.2) is 48.8 Å². The van der Waals surface area contributed by atoms with E-state index in [1.807, 2.05) is 47.5 Å². The lowest BCUT2D eigenvalue weighted by atomic mass is 10.0. The van der Waals surface area contributed by atoms with Gasteiger partial charge >= 0.3 is 0 Å². The summed E-state index contributed by atoms with van der Waals surface area (Å²) >= 11 is 0. The normalized spacial score (nSPS) is 20.9. The van der Waals surface area contributed by atoms with Gasteiger partial charge in [0.1, 0.15) is 5.75 Å². The highest BCUT2D eigenvalue weighted by molar-refractivity contribution is 5.95. The Kier molecular flexibility index (Phi) is 5.16. The van der Waals surface area contributed by atoms with E-state index in [-0.39, 0.29) is 11.9 Å². The van der Waals surface area contributed by atoms with Crippen LogP contribution in [0.25, 0.3) is 0 Å². The van der Waals surface area contributed by atoms with E-state index >= 15 is 0 Å². The highest BCUT2D eigenvalue weighted by Gasteiger charge is 2.29. The number of ether oxygens (including phenoxy) is 1. The molecule has 1 aromatic carbocycles. The molecular formula is C21H25N3O2. The minimum atomic E-state index is 0.00403. The summed E-state index contributed by atoms with van der Waals surface area (Å²) in [5.41, 5.74) is 1.75. The second kappa shape index (κ2) is 7.87. The molecule has 1 saturated heterocycles. The fourth-order valence-corrected chi connectivity index (χ4v) is 3.89. The number of nitrogens with one attached hydrogen (secondary N) is 1. The SMILES string of the molecule is O=C(c1cccc(OC2CCCC2)c1)N1CCNCC1c1cccnc1. The van der Waals surface area contributed by atoms with Gasteiger partial charge in [-0.3, -0.25) is 9.78 Å². The number of benzene rings is 1. The number of pyridine rings is 1. The van der Waals surface area contributed by atoms with E-state index in [1.165, 1.54) is 12.8 Å². The van der Waals surface area contributed by atoms with Crippen LogP contribution in [-0.2, 0) is 0 Å². The molecule has 2 fully saturated rings. The van der Waals surface area contributed by atoms with Crippen molar-refractivity contribution in [1.29, 1.82) is 0 Å². The standard InChI is InChI=1S/C21H25N3O2/c25-21(16-5-3-9-19(13-16)26-18-7-1-2-8-18)24-12-11-23-15-20(24)17-6-4-10-22-14-17/h3-6,9-10,13-14,18,20,23H,1-2,7-8,11-12,15H2. The highest BCUT2D eigenvalue weighted by Crippen LogP contribution is 2.27. The Balaban J connectivity index is 1.53. The monoisotopic (exact) mass is 351 g/mol. The summed E-state index contributed by atoms with van der Waals surface area (Å²) in [5, 5.41) is 3.38. The second-order valence-corrected chi connectivity index (χ2v) is 7.06. The van der Waals surface area contributed by atoms with Crippen LogP contribution < -0.4 is 10.1 Å². The molecule has 2 aromatic rings. The maximum atomic E-state index is 13.2. The predicted octanol–water partition coefficient (Wildman–Crippen LogP) is 3.19. The van der Waals surface area contributed by atoms with E-state index in [2.05, 4.69) is 10.3 Å². The molecule has 1 aromatic heterocycles. The molecule has 1 aliphatic carbocycles. The number of carbonyl (C=O) groups excluding carboxylic acids is 1. The molecule has 2 heterocycles. The van der Waals surface area contributed by atoms with Gasteiger partial charge in [-0.25, -0.2) is 0 Å². The third kappa shape index (κ3) is 3.73. The number of rotatable bonds is 4. The number of hydrogen-bond acceptors (Lipinski definition) is 4. The van der Waals surface area contributed by atoms with Gasteiger partial charge in [-0.1, -0.05) is 12.1 Å². The lowest BCUT2D eigenvalue weighted by Crippen LogP contribution is -2.48. The van der Waals surface area contributed by atoms with E-state index in [0.717, 1.165) is 37.2 Å². The van der Waals surface area contributed by atoms with E-state index in [4.69, 9.17) is 4.74 Å². The molecule has 1 atom stereocenters. The zero-order valence-electron chi connectivity index (χ0n) is 14.9. The summed E-state index contributed by atoms with van der Waals surface area (Å²) in [6.07, 6.45) is 8.58. The Bertz CT molecular complexity index is 744. The maximum absolute atomic E-state index is 13.2. The van der Waals surface area contributed by atoms with Gasteiger partial charge in [0.25, 0.3) is 5.91 Å². The molecule has 26 heavy (non-hydrogen) atoms. The third-order valence-corrected chi connectivity index (χ3v) is 5.26. The van der Waals surface area contributed by atoms with Gasteiger partial charge in [-0.2, -0.15) is 0 Å². The van der Waals surface area contributed by atoms with Gasteiger partial charge < -0.3 is 15.0 Å². The molecule has 5 nitrogen and oxygen atoms in total. The number of piperazine rings is 1. The first-order chi connectivity index (χ1) is 12.8. The number of aromatic nitrogens is 1. The van der Waals surface area contributed by atoms with Crippen LogP contribution >= 0.6 is 0 Å². The van der Waals surface area contributed by atoms with Crippen molar-refractivity contribution in [1.82, 2.24) is 15.2 Å². The minimum absolute atomic E-state index is 0.00403. The maximum Gasteiger partial charge on any atom is 0.254 e. The van der Waals surface area contributed by atoms with Crippen LogP contribution in [0, 0.1) is 0 Å². The average molecular weight is 351 g/mol. The third-order valence-electron chi connectivity index (χ3n) is 5.26. The number of hydrogen-bond donors (Lipinski definition) is 1. The highest BCUT2D eigenvalue weighted by atomic mass is 16.5. The molecule has 1 aliphatic heterocycles. The van der Waals surface area contributed by atoms with Crippen LogP contribution in [0.3, 0.4) is 0 Å². The minimum Gasteiger partial charge on any atom is -0.490 e. The van der Waals surface area contributed by atoms with Gasteiger partial charge in [0.15, 0.2) is 0 Å². The Morgan fingerprint density at radius 2 is 2.08 bits per heavy atom. The van der Waals surface area contributed by atoms with Crippen molar-refractivity contribution in [2.24, 2.45) is 0 Å². The predicted molar refractivity (Wildman–Crippen MR) is 100 cm³/mol. The van der Waals surface area contributed by atoms with Crippen LogP contribution in [0.5, 0.6) is 5.75 Å². The molecule has 0 radical (unpaired) electrons. The van der Waals surface area contributed by atoms with Crippen molar-refractivity contribution in [2.45, 2.75) is 37.8 Å². The van der Waals surface area contributed by atoms with E-state index in [0.29, 0.717) is 18.2 Å². The number of carbonyl (C=O) groups is 1. The zero-order valence-corrected chi connectivity index (χ0v) is 14.9. The lowest BCUT2D eigenvalue weighted by Gasteiger charge is -2.36. The summed E-state index contributed by atoms with van der Waals surface area (Å²) < 4.78 is 6.07. The number of amides is 1. The molecule has 2 aliphatic rings. The Morgan fingerprint density at radius 1 is 1.19 bits per heavy atom. The lowest BCUT2D eigenvalue weighted by molar-refractivity contribution is 0.0633. The van der Waals surface area contributed by atoms with Crippen molar-refractivity contribution in [2.75, 3.05) is 19.6 Å². The summed E-state index contributed by atoms with van der Waals surface area (Å²) in [6, 6.07) is 11.6. The zero-order chi connectivity index (χ0) is 17.8. The molecule has 136 valence electrons. The first kappa shape index (κ1) is 17.0. The molecule has 5 heteroatoms. The van der Waals surface area contributed by atoms with Crippen LogP contribution in [0.4, 0.5) is 0 Å². The fraction of sp³-hybridized carbons (Fsp3) is 0.429. The first-order valence-electron chi connectivity index (χ1n) is 9.49. The van der Waals surface area contributed by atoms with Crippen molar-refractivity contribution in [3.05, 3.63) is 59.9 Å². The van der Waals surface area contributed by atoms with Crippen molar-refractivity contribution < 1.29 is 9.53 Å². The van der Waals surface area contributed by atoms with Crippen molar-refractivity contribution in [3.63, 3.8) is 0 Å². The molecule has 1 unspecified atom stereocenters. The number of nitrogens with zero attached hydrogens (tertiary/aromatic N) is 2. The summed E-state index contributed by atoms with van der Waals surface area (Å²) in [5.74, 6) is 0.855. The molecule has 1 saturated carbocycles. The smallest absolute Gasteiger partial charge is 0.254 e. The van der Waals surface area contributed by atoms with Crippen molar-refractivity contribution >= 4 is 5.91 Å². The van der Waals surface area contributed by atoms with E-state index < -0.39 is 0 Å². The summed E-state index contributed by atoms with van der Waals surface area (Å²) in [7, 11) is 0. The topological polar surface area (TPSA) is 54.5 Å². The van der Waals surface area contributed by atoms with Crippen LogP contribution in [0.1, 0.15) is 47.6 Å². The van der Waals surface area contributed by atoms with Gasteiger partial charge in [-0.05, 0) is 55.5 Å². The Labute approximate surface area is 154 Å². The second-order valence-electron chi connectivity index (χ2n) is 7.06.